The van der Waals surface area contributed by atoms with Crippen LogP contribution in [0.5, 0.6) is 0 Å². The molecule has 0 radical (unpaired) electrons. The fourth-order valence-electron chi connectivity index (χ4n) is 3.43. The van der Waals surface area contributed by atoms with E-state index in [-0.39, 0.29) is 29.1 Å². The molecule has 3 heterocycles. The van der Waals surface area contributed by atoms with Crippen molar-refractivity contribution in [1.29, 1.82) is 0 Å². The van der Waals surface area contributed by atoms with Gasteiger partial charge in [0.15, 0.2) is 9.84 Å². The number of urea groups is 1. The number of aromatic nitrogens is 1. The number of nitrogens with zero attached hydrogens (tertiary/aromatic N) is 3. The number of pyridine rings is 1. The number of carbonyl (C=O) groups is 2. The number of fused-ring (bicyclic) bond motifs is 1. The molecule has 0 aromatic carbocycles. The molecule has 25 heavy (non-hydrogen) atoms. The highest BCUT2D eigenvalue weighted by atomic mass is 32.2. The highest BCUT2D eigenvalue weighted by Crippen LogP contribution is 2.28. The Morgan fingerprint density at radius 3 is 2.52 bits per heavy atom. The normalized spacial score (nSPS) is 24.7. The van der Waals surface area contributed by atoms with Crippen molar-refractivity contribution in [2.24, 2.45) is 0 Å². The van der Waals surface area contributed by atoms with E-state index < -0.39 is 21.9 Å². The number of amides is 3. The van der Waals surface area contributed by atoms with Crippen LogP contribution in [0.4, 0.5) is 4.79 Å². The largest absolute Gasteiger partial charge is 0.338 e. The van der Waals surface area contributed by atoms with Crippen LogP contribution in [0.3, 0.4) is 0 Å². The van der Waals surface area contributed by atoms with Crippen molar-refractivity contribution in [2.75, 3.05) is 31.1 Å². The van der Waals surface area contributed by atoms with Crippen molar-refractivity contribution >= 4 is 21.8 Å². The first-order valence-corrected chi connectivity index (χ1v) is 10.2. The Balaban J connectivity index is 1.83. The molecule has 0 aliphatic carbocycles. The smallest absolute Gasteiger partial charge is 0.317 e. The third-order valence-electron chi connectivity index (χ3n) is 4.61. The molecule has 3 amide bonds. The van der Waals surface area contributed by atoms with E-state index in [9.17, 15) is 18.0 Å². The first-order valence-electron chi connectivity index (χ1n) is 8.40. The molecule has 0 spiro atoms. The van der Waals surface area contributed by atoms with Gasteiger partial charge in [-0.05, 0) is 18.6 Å². The average molecular weight is 366 g/mol. The van der Waals surface area contributed by atoms with E-state index in [1.807, 2.05) is 6.92 Å². The highest BCUT2D eigenvalue weighted by Gasteiger charge is 2.49. The lowest BCUT2D eigenvalue weighted by Gasteiger charge is -2.43. The predicted octanol–water partition coefficient (Wildman–Crippen LogP) is 0.125. The molecule has 2 aliphatic heterocycles. The maximum atomic E-state index is 12.8. The van der Waals surface area contributed by atoms with Gasteiger partial charge in [-0.15, -0.1) is 0 Å². The second-order valence-corrected chi connectivity index (χ2v) is 8.50. The topological polar surface area (TPSA) is 99.7 Å². The van der Waals surface area contributed by atoms with Gasteiger partial charge in [0.2, 0.25) is 0 Å². The summed E-state index contributed by atoms with van der Waals surface area (Å²) in [6.07, 6.45) is 2.33. The molecule has 2 aliphatic rings. The van der Waals surface area contributed by atoms with Crippen molar-refractivity contribution in [2.45, 2.75) is 25.4 Å². The van der Waals surface area contributed by atoms with Crippen LogP contribution in [0, 0.1) is 0 Å². The summed E-state index contributed by atoms with van der Waals surface area (Å²) < 4.78 is 24.3. The van der Waals surface area contributed by atoms with E-state index in [4.69, 9.17) is 0 Å². The summed E-state index contributed by atoms with van der Waals surface area (Å²) in [5, 5.41) is 2.79. The quantitative estimate of drug-likeness (QED) is 0.819. The monoisotopic (exact) mass is 366 g/mol. The van der Waals surface area contributed by atoms with Gasteiger partial charge in [-0.3, -0.25) is 9.78 Å². The molecule has 2 saturated heterocycles. The fourth-order valence-corrected chi connectivity index (χ4v) is 5.41. The van der Waals surface area contributed by atoms with Gasteiger partial charge in [-0.1, -0.05) is 13.0 Å². The lowest BCUT2D eigenvalue weighted by molar-refractivity contribution is 0.0423. The Morgan fingerprint density at radius 1 is 1.20 bits per heavy atom. The van der Waals surface area contributed by atoms with Crippen LogP contribution in [-0.2, 0) is 9.84 Å². The van der Waals surface area contributed by atoms with E-state index in [1.54, 1.807) is 28.0 Å². The number of sulfone groups is 1. The summed E-state index contributed by atoms with van der Waals surface area (Å²) in [6.45, 7) is 3.10. The van der Waals surface area contributed by atoms with Crippen LogP contribution < -0.4 is 5.32 Å². The number of hydrogen-bond acceptors (Lipinski definition) is 5. The van der Waals surface area contributed by atoms with Crippen molar-refractivity contribution in [3.05, 3.63) is 30.1 Å². The minimum Gasteiger partial charge on any atom is -0.338 e. The summed E-state index contributed by atoms with van der Waals surface area (Å²) in [6, 6.07) is 3.75. The summed E-state index contributed by atoms with van der Waals surface area (Å²) >= 11 is 0. The maximum absolute atomic E-state index is 12.8. The highest BCUT2D eigenvalue weighted by molar-refractivity contribution is 7.91. The zero-order chi connectivity index (χ0) is 18.0. The molecule has 0 unspecified atom stereocenters. The third-order valence-corrected chi connectivity index (χ3v) is 6.31. The second-order valence-electron chi connectivity index (χ2n) is 6.35. The number of rotatable bonds is 3. The summed E-state index contributed by atoms with van der Waals surface area (Å²) in [7, 11) is -3.30. The molecule has 2 fully saturated rings. The summed E-state index contributed by atoms with van der Waals surface area (Å²) in [5.41, 5.74) is 0.287. The maximum Gasteiger partial charge on any atom is 0.317 e. The van der Waals surface area contributed by atoms with Crippen LogP contribution in [0.25, 0.3) is 0 Å². The molecule has 8 nitrogen and oxygen atoms in total. The lowest BCUT2D eigenvalue weighted by Crippen LogP contribution is -2.63. The fraction of sp³-hybridized carbons (Fsp3) is 0.562. The van der Waals surface area contributed by atoms with Crippen molar-refractivity contribution < 1.29 is 18.0 Å². The molecule has 1 aromatic heterocycles. The van der Waals surface area contributed by atoms with Gasteiger partial charge >= 0.3 is 6.03 Å². The number of carbonyl (C=O) groups excluding carboxylic acids is 2. The third kappa shape index (κ3) is 3.60. The SMILES string of the molecule is CCCNC(=O)N1CCN(C(=O)c2ccccn2)[C@@H]2CS(=O)(=O)C[C@@H]21. The van der Waals surface area contributed by atoms with Gasteiger partial charge in [-0.25, -0.2) is 13.2 Å². The Bertz CT molecular complexity index is 753. The molecule has 2 atom stereocenters. The zero-order valence-electron chi connectivity index (χ0n) is 14.1. The number of nitrogens with one attached hydrogen (secondary N) is 1. The summed E-state index contributed by atoms with van der Waals surface area (Å²) in [4.78, 5) is 32.3. The Kier molecular flexibility index (Phi) is 4.94. The van der Waals surface area contributed by atoms with Crippen LogP contribution >= 0.6 is 0 Å². The van der Waals surface area contributed by atoms with Gasteiger partial charge in [0.05, 0.1) is 23.6 Å². The average Bonchev–Trinajstić information content (AvgIpc) is 2.93. The van der Waals surface area contributed by atoms with E-state index in [2.05, 4.69) is 10.3 Å². The molecule has 9 heteroatoms. The molecule has 3 rings (SSSR count). The molecule has 0 saturated carbocycles. The minimum absolute atomic E-state index is 0.108. The van der Waals surface area contributed by atoms with Crippen LogP contribution in [0.2, 0.25) is 0 Å². The van der Waals surface area contributed by atoms with Gasteiger partial charge in [0, 0.05) is 25.8 Å². The van der Waals surface area contributed by atoms with Gasteiger partial charge in [0.25, 0.3) is 5.91 Å². The van der Waals surface area contributed by atoms with E-state index >= 15 is 0 Å². The Morgan fingerprint density at radius 2 is 1.88 bits per heavy atom. The molecular formula is C16H22N4O4S. The minimum atomic E-state index is -3.30. The van der Waals surface area contributed by atoms with E-state index in [0.717, 1.165) is 6.42 Å². The molecule has 0 bridgehead atoms. The molecular weight excluding hydrogens is 344 g/mol. The number of hydrogen-bond donors (Lipinski definition) is 1. The van der Waals surface area contributed by atoms with Crippen molar-refractivity contribution in [3.8, 4) is 0 Å². The summed E-state index contributed by atoms with van der Waals surface area (Å²) in [5.74, 6) is -0.516. The standard InChI is InChI=1S/C16H22N4O4S/c1-2-6-18-16(22)20-9-8-19(13-10-25(23,24)11-14(13)20)15(21)12-5-3-4-7-17-12/h3-5,7,13-14H,2,6,8-11H2,1H3,(H,18,22)/t13-,14+/m1/s1. The first-order chi connectivity index (χ1) is 11.9. The second kappa shape index (κ2) is 6.99. The lowest BCUT2D eigenvalue weighted by atomic mass is 10.0. The molecule has 1 N–H and O–H groups in total. The van der Waals surface area contributed by atoms with Gasteiger partial charge in [0.1, 0.15) is 5.69 Å². The van der Waals surface area contributed by atoms with Crippen LogP contribution in [0.1, 0.15) is 23.8 Å². The Hall–Kier alpha value is -2.16. The van der Waals surface area contributed by atoms with Gasteiger partial charge in [-0.2, -0.15) is 0 Å². The van der Waals surface area contributed by atoms with Crippen molar-refractivity contribution in [1.82, 2.24) is 20.1 Å². The molecule has 1 aromatic rings. The Labute approximate surface area is 147 Å². The van der Waals surface area contributed by atoms with E-state index in [0.29, 0.717) is 19.6 Å². The first kappa shape index (κ1) is 17.7. The predicted molar refractivity (Wildman–Crippen MR) is 91.9 cm³/mol. The van der Waals surface area contributed by atoms with Crippen LogP contribution in [-0.4, -0.2) is 78.4 Å². The van der Waals surface area contributed by atoms with E-state index in [1.165, 1.54) is 6.20 Å². The molecule has 136 valence electrons. The van der Waals surface area contributed by atoms with Crippen molar-refractivity contribution in [3.63, 3.8) is 0 Å². The number of piperazine rings is 1. The van der Waals surface area contributed by atoms with Crippen LogP contribution in [0.15, 0.2) is 24.4 Å². The van der Waals surface area contributed by atoms with Gasteiger partial charge < -0.3 is 15.1 Å². The zero-order valence-corrected chi connectivity index (χ0v) is 14.9.